The van der Waals surface area contributed by atoms with Crippen molar-refractivity contribution < 1.29 is 17.6 Å². The van der Waals surface area contributed by atoms with Gasteiger partial charge in [-0.1, -0.05) is 0 Å². The minimum Gasteiger partial charge on any atom is -0.469 e. The normalized spacial score (nSPS) is 27.2. The van der Waals surface area contributed by atoms with E-state index in [1.807, 2.05) is 0 Å². The molecular weight excluding hydrogens is 254 g/mol. The van der Waals surface area contributed by atoms with E-state index >= 15 is 0 Å². The van der Waals surface area contributed by atoms with Crippen molar-refractivity contribution in [3.8, 4) is 0 Å². The van der Waals surface area contributed by atoms with Crippen LogP contribution in [0.1, 0.15) is 30.0 Å². The Morgan fingerprint density at radius 3 is 2.67 bits per heavy atom. The Morgan fingerprint density at radius 2 is 2.11 bits per heavy atom. The van der Waals surface area contributed by atoms with Crippen LogP contribution in [-0.2, 0) is 9.84 Å². The van der Waals surface area contributed by atoms with Crippen molar-refractivity contribution in [2.75, 3.05) is 12.3 Å². The Labute approximate surface area is 107 Å². The number of amides is 1. The van der Waals surface area contributed by atoms with Gasteiger partial charge in [-0.05, 0) is 26.8 Å². The van der Waals surface area contributed by atoms with Crippen LogP contribution in [0.4, 0.5) is 0 Å². The molecule has 1 fully saturated rings. The number of carbonyl (C=O) groups is 1. The lowest BCUT2D eigenvalue weighted by Crippen LogP contribution is -2.54. The predicted molar refractivity (Wildman–Crippen MR) is 67.2 cm³/mol. The summed E-state index contributed by atoms with van der Waals surface area (Å²) in [7, 11) is -3.07. The molecule has 18 heavy (non-hydrogen) atoms. The Hall–Kier alpha value is -1.30. The summed E-state index contributed by atoms with van der Waals surface area (Å²) in [5, 5.41) is -0.526. The number of aryl methyl sites for hydroxylation is 1. The zero-order valence-electron chi connectivity index (χ0n) is 10.7. The highest BCUT2D eigenvalue weighted by Gasteiger charge is 2.38. The molecule has 2 rings (SSSR count). The van der Waals surface area contributed by atoms with E-state index in [9.17, 15) is 13.2 Å². The number of nitrogens with zero attached hydrogens (tertiary/aromatic N) is 1. The molecule has 1 aliphatic rings. The van der Waals surface area contributed by atoms with Gasteiger partial charge in [0.1, 0.15) is 5.76 Å². The zero-order valence-corrected chi connectivity index (χ0v) is 11.5. The lowest BCUT2D eigenvalue weighted by molar-refractivity contribution is 0.0691. The van der Waals surface area contributed by atoms with E-state index in [4.69, 9.17) is 4.42 Å². The van der Waals surface area contributed by atoms with Gasteiger partial charge < -0.3 is 9.32 Å². The molecule has 0 unspecified atom stereocenters. The van der Waals surface area contributed by atoms with Crippen molar-refractivity contribution in [1.29, 1.82) is 0 Å². The minimum absolute atomic E-state index is 0.0289. The summed E-state index contributed by atoms with van der Waals surface area (Å²) in [5.74, 6) is 0.435. The molecule has 0 saturated carbocycles. The molecule has 0 radical (unpaired) electrons. The molecule has 2 atom stereocenters. The van der Waals surface area contributed by atoms with Crippen molar-refractivity contribution in [3.63, 3.8) is 0 Å². The minimum atomic E-state index is -3.07. The van der Waals surface area contributed by atoms with E-state index in [1.165, 1.54) is 6.26 Å². The second kappa shape index (κ2) is 4.42. The number of hydrogen-bond donors (Lipinski definition) is 0. The van der Waals surface area contributed by atoms with Crippen LogP contribution in [0, 0.1) is 6.92 Å². The third-order valence-electron chi connectivity index (χ3n) is 3.70. The first-order chi connectivity index (χ1) is 8.34. The maximum atomic E-state index is 12.3. The third kappa shape index (κ3) is 2.05. The number of furan rings is 1. The molecule has 0 spiro atoms. The highest BCUT2D eigenvalue weighted by molar-refractivity contribution is 7.92. The van der Waals surface area contributed by atoms with E-state index in [1.54, 1.807) is 31.7 Å². The number of sulfone groups is 1. The molecule has 0 bridgehead atoms. The first kappa shape index (κ1) is 13.1. The van der Waals surface area contributed by atoms with Crippen LogP contribution in [0.25, 0.3) is 0 Å². The predicted octanol–water partition coefficient (Wildman–Crippen LogP) is 1.24. The summed E-state index contributed by atoms with van der Waals surface area (Å²) in [4.78, 5) is 13.9. The maximum absolute atomic E-state index is 12.3. The summed E-state index contributed by atoms with van der Waals surface area (Å²) < 4.78 is 28.6. The van der Waals surface area contributed by atoms with Crippen molar-refractivity contribution in [2.45, 2.75) is 32.1 Å². The molecule has 1 saturated heterocycles. The molecule has 2 heterocycles. The molecule has 1 amide bonds. The van der Waals surface area contributed by atoms with Gasteiger partial charge in [0.25, 0.3) is 5.91 Å². The first-order valence-corrected chi connectivity index (χ1v) is 7.63. The number of rotatable bonds is 1. The fourth-order valence-electron chi connectivity index (χ4n) is 2.22. The van der Waals surface area contributed by atoms with Crippen LogP contribution < -0.4 is 0 Å². The molecule has 100 valence electrons. The van der Waals surface area contributed by atoms with E-state index in [0.29, 0.717) is 11.3 Å². The van der Waals surface area contributed by atoms with Crippen molar-refractivity contribution in [1.82, 2.24) is 4.90 Å². The van der Waals surface area contributed by atoms with Gasteiger partial charge in [0.05, 0.1) is 22.8 Å². The Kier molecular flexibility index (Phi) is 3.23. The second-order valence-corrected chi connectivity index (χ2v) is 7.18. The summed E-state index contributed by atoms with van der Waals surface area (Å²) in [6.07, 6.45) is 1.47. The molecule has 0 N–H and O–H groups in total. The standard InChI is InChI=1S/C12H17NO4S/c1-8-10(3)18(15,16)7-5-13(8)12(14)11-4-6-17-9(11)2/h4,6,8,10H,5,7H2,1-3H3/t8-,10-/m0/s1. The van der Waals surface area contributed by atoms with Gasteiger partial charge in [-0.3, -0.25) is 4.79 Å². The lowest BCUT2D eigenvalue weighted by atomic mass is 10.1. The smallest absolute Gasteiger partial charge is 0.257 e. The van der Waals surface area contributed by atoms with Crippen molar-refractivity contribution in [2.24, 2.45) is 0 Å². The van der Waals surface area contributed by atoms with Crippen LogP contribution in [0.2, 0.25) is 0 Å². The van der Waals surface area contributed by atoms with Crippen molar-refractivity contribution >= 4 is 15.7 Å². The highest BCUT2D eigenvalue weighted by atomic mass is 32.2. The second-order valence-electron chi connectivity index (χ2n) is 4.70. The topological polar surface area (TPSA) is 67.6 Å². The van der Waals surface area contributed by atoms with E-state index in [2.05, 4.69) is 0 Å². The van der Waals surface area contributed by atoms with E-state index in [0.717, 1.165) is 0 Å². The maximum Gasteiger partial charge on any atom is 0.257 e. The van der Waals surface area contributed by atoms with Crippen LogP contribution >= 0.6 is 0 Å². The fourth-order valence-corrected chi connectivity index (χ4v) is 3.79. The van der Waals surface area contributed by atoms with Crippen LogP contribution in [-0.4, -0.2) is 42.8 Å². The zero-order chi connectivity index (χ0) is 13.5. The SMILES string of the molecule is Cc1occc1C(=O)N1CCS(=O)(=O)[C@@H](C)[C@@H]1C. The fraction of sp³-hybridized carbons (Fsp3) is 0.583. The van der Waals surface area contributed by atoms with Gasteiger partial charge in [-0.15, -0.1) is 0 Å². The third-order valence-corrected chi connectivity index (χ3v) is 5.98. The van der Waals surface area contributed by atoms with Gasteiger partial charge in [0, 0.05) is 12.6 Å². The number of carbonyl (C=O) groups excluding carboxylic acids is 1. The summed E-state index contributed by atoms with van der Waals surface area (Å²) in [5.41, 5.74) is 0.508. The van der Waals surface area contributed by atoms with Crippen molar-refractivity contribution in [3.05, 3.63) is 23.7 Å². The van der Waals surface area contributed by atoms with Gasteiger partial charge in [-0.25, -0.2) is 8.42 Å². The molecule has 0 aromatic carbocycles. The number of hydrogen-bond acceptors (Lipinski definition) is 4. The average molecular weight is 271 g/mol. The van der Waals surface area contributed by atoms with Gasteiger partial charge >= 0.3 is 0 Å². The van der Waals surface area contributed by atoms with Gasteiger partial charge in [0.2, 0.25) is 0 Å². The monoisotopic (exact) mass is 271 g/mol. The largest absolute Gasteiger partial charge is 0.469 e. The molecule has 1 aromatic heterocycles. The Morgan fingerprint density at radius 1 is 1.44 bits per heavy atom. The average Bonchev–Trinajstić information content (AvgIpc) is 2.72. The lowest BCUT2D eigenvalue weighted by Gasteiger charge is -2.37. The summed E-state index contributed by atoms with van der Waals surface area (Å²) >= 11 is 0. The van der Waals surface area contributed by atoms with Gasteiger partial charge in [-0.2, -0.15) is 0 Å². The Balaban J connectivity index is 2.26. The van der Waals surface area contributed by atoms with Gasteiger partial charge in [0.15, 0.2) is 9.84 Å². The van der Waals surface area contributed by atoms with Crippen LogP contribution in [0.5, 0.6) is 0 Å². The summed E-state index contributed by atoms with van der Waals surface area (Å²) in [6.45, 7) is 5.40. The van der Waals surface area contributed by atoms with Crippen LogP contribution in [0.3, 0.4) is 0 Å². The highest BCUT2D eigenvalue weighted by Crippen LogP contribution is 2.22. The molecule has 1 aromatic rings. The van der Waals surface area contributed by atoms with E-state index in [-0.39, 0.29) is 24.2 Å². The Bertz CT molecular complexity index is 560. The molecule has 6 heteroatoms. The van der Waals surface area contributed by atoms with E-state index < -0.39 is 15.1 Å². The summed E-state index contributed by atoms with van der Waals surface area (Å²) in [6, 6.07) is 1.31. The quantitative estimate of drug-likeness (QED) is 0.770. The molecular formula is C12H17NO4S. The molecule has 5 nitrogen and oxygen atoms in total. The van der Waals surface area contributed by atoms with Crippen LogP contribution in [0.15, 0.2) is 16.7 Å². The first-order valence-electron chi connectivity index (χ1n) is 5.91. The molecule has 0 aliphatic carbocycles. The molecule has 1 aliphatic heterocycles.